The van der Waals surface area contributed by atoms with E-state index in [1.807, 2.05) is 0 Å². The lowest BCUT2D eigenvalue weighted by molar-refractivity contribution is 0.795. The van der Waals surface area contributed by atoms with E-state index < -0.39 is 0 Å². The molecule has 0 saturated heterocycles. The van der Waals surface area contributed by atoms with Gasteiger partial charge in [-0.05, 0) is 52.3 Å². The van der Waals surface area contributed by atoms with Gasteiger partial charge in [-0.25, -0.2) is 4.98 Å². The zero-order chi connectivity index (χ0) is 21.1. The monoisotopic (exact) mass is 397 g/mol. The van der Waals surface area contributed by atoms with Gasteiger partial charge in [-0.3, -0.25) is 0 Å². The van der Waals surface area contributed by atoms with Crippen molar-refractivity contribution in [1.29, 1.82) is 0 Å². The van der Waals surface area contributed by atoms with E-state index in [2.05, 4.69) is 109 Å². The van der Waals surface area contributed by atoms with Crippen LogP contribution < -0.4 is 4.90 Å². The van der Waals surface area contributed by atoms with Gasteiger partial charge in [0, 0.05) is 18.8 Å². The van der Waals surface area contributed by atoms with Crippen molar-refractivity contribution in [1.82, 2.24) is 9.97 Å². The third kappa shape index (κ3) is 4.56. The summed E-state index contributed by atoms with van der Waals surface area (Å²) in [6.45, 7) is 10.7. The van der Waals surface area contributed by atoms with Crippen LogP contribution in [0.5, 0.6) is 0 Å². The highest BCUT2D eigenvalue weighted by atomic mass is 15.1. The Labute approximate surface area is 179 Å². The molecule has 30 heavy (non-hydrogen) atoms. The van der Waals surface area contributed by atoms with Gasteiger partial charge in [-0.2, -0.15) is 0 Å². The molecule has 4 rings (SSSR count). The van der Waals surface area contributed by atoms with E-state index in [1.54, 1.807) is 6.33 Å². The standard InChI is InChI=1S/C27H31N3/c1-19(2)23-9-5-21(6-10-23)16-30(17-22-7-11-24(12-8-22)20(3)4)25-13-14-26-27(15-25)29-18-28-26/h5-15,18-20H,16-17H2,1-4H3,(H,28,29). The van der Waals surface area contributed by atoms with Gasteiger partial charge in [-0.1, -0.05) is 76.2 Å². The van der Waals surface area contributed by atoms with E-state index in [0.717, 1.165) is 24.1 Å². The van der Waals surface area contributed by atoms with E-state index in [1.165, 1.54) is 27.9 Å². The fraction of sp³-hybridized carbons (Fsp3) is 0.296. The lowest BCUT2D eigenvalue weighted by atomic mass is 10.0. The van der Waals surface area contributed by atoms with Gasteiger partial charge < -0.3 is 9.88 Å². The van der Waals surface area contributed by atoms with Crippen LogP contribution in [0.1, 0.15) is 61.8 Å². The topological polar surface area (TPSA) is 31.9 Å². The molecule has 0 fully saturated rings. The van der Waals surface area contributed by atoms with Gasteiger partial charge in [0.1, 0.15) is 0 Å². The van der Waals surface area contributed by atoms with Crippen molar-refractivity contribution in [2.45, 2.75) is 52.6 Å². The maximum atomic E-state index is 4.46. The fourth-order valence-electron chi connectivity index (χ4n) is 3.81. The van der Waals surface area contributed by atoms with Crippen LogP contribution in [0.2, 0.25) is 0 Å². The number of nitrogens with zero attached hydrogens (tertiary/aromatic N) is 2. The van der Waals surface area contributed by atoms with Gasteiger partial charge in [0.15, 0.2) is 0 Å². The highest BCUT2D eigenvalue weighted by Gasteiger charge is 2.11. The van der Waals surface area contributed by atoms with Gasteiger partial charge in [-0.15, -0.1) is 0 Å². The lowest BCUT2D eigenvalue weighted by Gasteiger charge is -2.26. The second kappa shape index (κ2) is 8.74. The molecule has 3 aromatic carbocycles. The molecule has 0 aliphatic rings. The molecule has 3 heteroatoms. The van der Waals surface area contributed by atoms with Crippen molar-refractivity contribution >= 4 is 16.7 Å². The van der Waals surface area contributed by atoms with Crippen LogP contribution in [0, 0.1) is 0 Å². The molecule has 0 aliphatic carbocycles. The third-order valence-electron chi connectivity index (χ3n) is 5.81. The van der Waals surface area contributed by atoms with Crippen molar-refractivity contribution < 1.29 is 0 Å². The molecular weight excluding hydrogens is 366 g/mol. The minimum Gasteiger partial charge on any atom is -0.363 e. The number of aromatic amines is 1. The van der Waals surface area contributed by atoms with Gasteiger partial charge in [0.25, 0.3) is 0 Å². The summed E-state index contributed by atoms with van der Waals surface area (Å²) in [5.74, 6) is 1.10. The number of rotatable bonds is 7. The summed E-state index contributed by atoms with van der Waals surface area (Å²) in [5, 5.41) is 0. The van der Waals surface area contributed by atoms with Crippen LogP contribution in [0.15, 0.2) is 73.1 Å². The third-order valence-corrected chi connectivity index (χ3v) is 5.81. The summed E-state index contributed by atoms with van der Waals surface area (Å²) in [4.78, 5) is 10.1. The fourth-order valence-corrected chi connectivity index (χ4v) is 3.81. The van der Waals surface area contributed by atoms with Gasteiger partial charge in [0.05, 0.1) is 17.4 Å². The highest BCUT2D eigenvalue weighted by Crippen LogP contribution is 2.25. The Morgan fingerprint density at radius 1 is 0.733 bits per heavy atom. The predicted molar refractivity (Wildman–Crippen MR) is 127 cm³/mol. The summed E-state index contributed by atoms with van der Waals surface area (Å²) < 4.78 is 0. The first-order valence-corrected chi connectivity index (χ1v) is 10.9. The molecule has 1 aromatic heterocycles. The molecule has 1 heterocycles. The molecule has 0 aliphatic heterocycles. The molecule has 0 saturated carbocycles. The molecule has 0 radical (unpaired) electrons. The van der Waals surface area contributed by atoms with Crippen LogP contribution in [0.25, 0.3) is 11.0 Å². The van der Waals surface area contributed by atoms with Gasteiger partial charge >= 0.3 is 0 Å². The molecule has 0 amide bonds. The number of nitrogens with one attached hydrogen (secondary N) is 1. The number of benzene rings is 3. The maximum Gasteiger partial charge on any atom is 0.0931 e. The smallest absolute Gasteiger partial charge is 0.0931 e. The van der Waals surface area contributed by atoms with Crippen LogP contribution >= 0.6 is 0 Å². The Hall–Kier alpha value is -3.07. The first kappa shape index (κ1) is 20.2. The van der Waals surface area contributed by atoms with Crippen molar-refractivity contribution in [3.05, 3.63) is 95.3 Å². The number of hydrogen-bond donors (Lipinski definition) is 1. The number of H-pyrrole nitrogens is 1. The first-order valence-electron chi connectivity index (χ1n) is 10.9. The lowest BCUT2D eigenvalue weighted by Crippen LogP contribution is -2.22. The predicted octanol–water partition coefficient (Wildman–Crippen LogP) is 7.02. The SMILES string of the molecule is CC(C)c1ccc(CN(Cc2ccc(C(C)C)cc2)c2ccc3[nH]cnc3c2)cc1. The average Bonchev–Trinajstić information content (AvgIpc) is 3.22. The van der Waals surface area contributed by atoms with Crippen molar-refractivity contribution in [2.24, 2.45) is 0 Å². The minimum absolute atomic E-state index is 0.552. The van der Waals surface area contributed by atoms with E-state index in [-0.39, 0.29) is 0 Å². The van der Waals surface area contributed by atoms with Crippen molar-refractivity contribution in [3.63, 3.8) is 0 Å². The van der Waals surface area contributed by atoms with Gasteiger partial charge in [0.2, 0.25) is 0 Å². The molecule has 3 nitrogen and oxygen atoms in total. The zero-order valence-corrected chi connectivity index (χ0v) is 18.4. The quantitative estimate of drug-likeness (QED) is 0.363. The van der Waals surface area contributed by atoms with E-state index in [4.69, 9.17) is 0 Å². The summed E-state index contributed by atoms with van der Waals surface area (Å²) in [5.41, 5.74) is 8.67. The number of anilines is 1. The number of hydrogen-bond acceptors (Lipinski definition) is 2. The molecule has 1 N–H and O–H groups in total. The molecule has 0 spiro atoms. The van der Waals surface area contributed by atoms with E-state index >= 15 is 0 Å². The normalized spacial score (nSPS) is 11.5. The molecule has 0 bridgehead atoms. The van der Waals surface area contributed by atoms with Crippen molar-refractivity contribution in [3.8, 4) is 0 Å². The Morgan fingerprint density at radius 2 is 1.27 bits per heavy atom. The summed E-state index contributed by atoms with van der Waals surface area (Å²) in [7, 11) is 0. The Bertz CT molecular complexity index is 1040. The largest absolute Gasteiger partial charge is 0.363 e. The van der Waals surface area contributed by atoms with Crippen LogP contribution in [-0.2, 0) is 13.1 Å². The summed E-state index contributed by atoms with van der Waals surface area (Å²) in [6.07, 6.45) is 1.76. The van der Waals surface area contributed by atoms with Crippen LogP contribution in [0.3, 0.4) is 0 Å². The molecule has 4 aromatic rings. The van der Waals surface area contributed by atoms with Crippen LogP contribution in [-0.4, -0.2) is 9.97 Å². The number of aromatic nitrogens is 2. The zero-order valence-electron chi connectivity index (χ0n) is 18.4. The maximum absolute atomic E-state index is 4.46. The minimum atomic E-state index is 0.552. The second-order valence-electron chi connectivity index (χ2n) is 8.75. The number of fused-ring (bicyclic) bond motifs is 1. The summed E-state index contributed by atoms with van der Waals surface area (Å²) in [6, 6.07) is 24.6. The van der Waals surface area contributed by atoms with Crippen LogP contribution in [0.4, 0.5) is 5.69 Å². The highest BCUT2D eigenvalue weighted by molar-refractivity contribution is 5.79. The molecule has 0 atom stereocenters. The number of imidazole rings is 1. The summed E-state index contributed by atoms with van der Waals surface area (Å²) >= 11 is 0. The molecule has 0 unspecified atom stereocenters. The van der Waals surface area contributed by atoms with Crippen molar-refractivity contribution in [2.75, 3.05) is 4.90 Å². The first-order chi connectivity index (χ1) is 14.5. The Morgan fingerprint density at radius 3 is 1.77 bits per heavy atom. The second-order valence-corrected chi connectivity index (χ2v) is 8.75. The van der Waals surface area contributed by atoms with E-state index in [0.29, 0.717) is 11.8 Å². The molecular formula is C27H31N3. The molecule has 154 valence electrons. The Kier molecular flexibility index (Phi) is 5.89. The van der Waals surface area contributed by atoms with E-state index in [9.17, 15) is 0 Å². The Balaban J connectivity index is 1.62. The average molecular weight is 398 g/mol.